The Kier molecular flexibility index (Phi) is 5.29. The Bertz CT molecular complexity index is 728. The van der Waals surface area contributed by atoms with Crippen molar-refractivity contribution in [3.05, 3.63) is 29.8 Å². The lowest BCUT2D eigenvalue weighted by Crippen LogP contribution is -2.58. The molecule has 132 valence electrons. The van der Waals surface area contributed by atoms with Crippen LogP contribution in [0, 0.1) is 5.92 Å². The molecule has 2 amide bonds. The molecule has 24 heavy (non-hydrogen) atoms. The summed E-state index contributed by atoms with van der Waals surface area (Å²) in [6, 6.07) is 4.89. The highest BCUT2D eigenvalue weighted by molar-refractivity contribution is 7.89. The smallest absolute Gasteiger partial charge is 0.254 e. The third kappa shape index (κ3) is 3.93. The Balaban J connectivity index is 2.14. The predicted molar refractivity (Wildman–Crippen MR) is 89.7 cm³/mol. The monoisotopic (exact) mass is 353 g/mol. The Morgan fingerprint density at radius 1 is 1.25 bits per heavy atom. The van der Waals surface area contributed by atoms with Gasteiger partial charge in [-0.15, -0.1) is 0 Å². The fourth-order valence-corrected chi connectivity index (χ4v) is 3.30. The zero-order valence-electron chi connectivity index (χ0n) is 14.1. The van der Waals surface area contributed by atoms with Gasteiger partial charge in [0.2, 0.25) is 15.9 Å². The fourth-order valence-electron chi connectivity index (χ4n) is 2.78. The molecule has 1 atom stereocenters. The van der Waals surface area contributed by atoms with Crippen LogP contribution >= 0.6 is 0 Å². The Morgan fingerprint density at radius 2 is 1.83 bits per heavy atom. The van der Waals surface area contributed by atoms with Crippen molar-refractivity contribution in [3.63, 3.8) is 0 Å². The van der Waals surface area contributed by atoms with E-state index in [2.05, 4.69) is 0 Å². The number of rotatable bonds is 4. The zero-order chi connectivity index (χ0) is 18.1. The van der Waals surface area contributed by atoms with Crippen LogP contribution in [-0.4, -0.2) is 55.7 Å². The molecule has 1 fully saturated rings. The van der Waals surface area contributed by atoms with Gasteiger partial charge in [0.1, 0.15) is 6.04 Å². The summed E-state index contributed by atoms with van der Waals surface area (Å²) in [6.07, 6.45) is 0. The van der Waals surface area contributed by atoms with Gasteiger partial charge in [-0.3, -0.25) is 9.59 Å². The number of carbonyl (C=O) groups excluding carboxylic acids is 2. The van der Waals surface area contributed by atoms with Crippen molar-refractivity contribution >= 4 is 21.8 Å². The molecule has 1 aliphatic heterocycles. The van der Waals surface area contributed by atoms with Gasteiger partial charge in [-0.05, 0) is 37.1 Å². The van der Waals surface area contributed by atoms with E-state index < -0.39 is 16.1 Å². The second-order valence-electron chi connectivity index (χ2n) is 6.42. The highest BCUT2D eigenvalue weighted by Crippen LogP contribution is 2.17. The maximum absolute atomic E-state index is 12.6. The van der Waals surface area contributed by atoms with Crippen LogP contribution in [0.3, 0.4) is 0 Å². The SMILES string of the molecule is CC(C)CN1CCN(C(=O)c2ccc(S(N)(=O)=O)cc2)[C@H](C)C1=O. The van der Waals surface area contributed by atoms with E-state index in [1.807, 2.05) is 13.8 Å². The molecule has 0 spiro atoms. The van der Waals surface area contributed by atoms with Crippen LogP contribution < -0.4 is 5.14 Å². The molecule has 2 rings (SSSR count). The summed E-state index contributed by atoms with van der Waals surface area (Å²) in [7, 11) is -3.79. The number of hydrogen-bond acceptors (Lipinski definition) is 4. The molecule has 0 unspecified atom stereocenters. The summed E-state index contributed by atoms with van der Waals surface area (Å²) in [5, 5.41) is 5.05. The molecule has 1 aromatic rings. The zero-order valence-corrected chi connectivity index (χ0v) is 14.9. The van der Waals surface area contributed by atoms with E-state index in [0.29, 0.717) is 31.1 Å². The minimum Gasteiger partial charge on any atom is -0.339 e. The molecular weight excluding hydrogens is 330 g/mol. The van der Waals surface area contributed by atoms with Crippen LogP contribution in [0.15, 0.2) is 29.2 Å². The molecule has 0 aromatic heterocycles. The van der Waals surface area contributed by atoms with Crippen LogP contribution in [-0.2, 0) is 14.8 Å². The van der Waals surface area contributed by atoms with E-state index in [1.54, 1.807) is 11.8 Å². The molecule has 1 aromatic carbocycles. The summed E-state index contributed by atoms with van der Waals surface area (Å²) < 4.78 is 22.5. The predicted octanol–water partition coefficient (Wildman–Crippen LogP) is 0.663. The first kappa shape index (κ1) is 18.4. The van der Waals surface area contributed by atoms with Gasteiger partial charge in [0.25, 0.3) is 5.91 Å². The number of nitrogens with two attached hydrogens (primary N) is 1. The molecule has 1 aliphatic rings. The first-order chi connectivity index (χ1) is 11.1. The average Bonchev–Trinajstić information content (AvgIpc) is 2.50. The quantitative estimate of drug-likeness (QED) is 0.859. The second-order valence-corrected chi connectivity index (χ2v) is 7.98. The van der Waals surface area contributed by atoms with Crippen LogP contribution in [0.5, 0.6) is 0 Å². The number of nitrogens with zero attached hydrogens (tertiary/aromatic N) is 2. The van der Waals surface area contributed by atoms with Gasteiger partial charge in [0, 0.05) is 25.2 Å². The van der Waals surface area contributed by atoms with E-state index in [0.717, 1.165) is 0 Å². The number of sulfonamides is 1. The maximum atomic E-state index is 12.6. The molecule has 1 saturated heterocycles. The van der Waals surface area contributed by atoms with Crippen LogP contribution in [0.1, 0.15) is 31.1 Å². The normalized spacial score (nSPS) is 19.0. The lowest BCUT2D eigenvalue weighted by Gasteiger charge is -2.39. The molecule has 1 heterocycles. The van der Waals surface area contributed by atoms with Gasteiger partial charge in [-0.25, -0.2) is 13.6 Å². The summed E-state index contributed by atoms with van der Waals surface area (Å²) >= 11 is 0. The van der Waals surface area contributed by atoms with Gasteiger partial charge >= 0.3 is 0 Å². The highest BCUT2D eigenvalue weighted by Gasteiger charge is 2.34. The molecule has 7 nitrogen and oxygen atoms in total. The highest BCUT2D eigenvalue weighted by atomic mass is 32.2. The number of benzene rings is 1. The lowest BCUT2D eigenvalue weighted by molar-refractivity contribution is -0.140. The van der Waals surface area contributed by atoms with Gasteiger partial charge in [-0.2, -0.15) is 0 Å². The Labute approximate surface area is 142 Å². The Morgan fingerprint density at radius 3 is 2.33 bits per heavy atom. The number of primary sulfonamides is 1. The average molecular weight is 353 g/mol. The summed E-state index contributed by atoms with van der Waals surface area (Å²) in [5.74, 6) is 0.0135. The number of amides is 2. The van der Waals surface area contributed by atoms with Crippen molar-refractivity contribution in [1.82, 2.24) is 9.80 Å². The molecular formula is C16H23N3O4S. The van der Waals surface area contributed by atoms with E-state index in [4.69, 9.17) is 5.14 Å². The van der Waals surface area contributed by atoms with Crippen LogP contribution in [0.4, 0.5) is 0 Å². The minimum atomic E-state index is -3.79. The summed E-state index contributed by atoms with van der Waals surface area (Å²) in [4.78, 5) is 28.3. The summed E-state index contributed by atoms with van der Waals surface area (Å²) in [5.41, 5.74) is 0.333. The molecule has 0 saturated carbocycles. The van der Waals surface area contributed by atoms with E-state index in [1.165, 1.54) is 29.2 Å². The first-order valence-electron chi connectivity index (χ1n) is 7.84. The lowest BCUT2D eigenvalue weighted by atomic mass is 10.1. The molecule has 0 bridgehead atoms. The number of piperazine rings is 1. The standard InChI is InChI=1S/C16H23N3O4S/c1-11(2)10-18-8-9-19(12(3)15(18)20)16(21)13-4-6-14(7-5-13)24(17,22)23/h4-7,11-12H,8-10H2,1-3H3,(H2,17,22,23)/t12-/m1/s1. The Hall–Kier alpha value is -1.93. The molecule has 0 aliphatic carbocycles. The largest absolute Gasteiger partial charge is 0.339 e. The van der Waals surface area contributed by atoms with Crippen molar-refractivity contribution in [2.75, 3.05) is 19.6 Å². The fraction of sp³-hybridized carbons (Fsp3) is 0.500. The van der Waals surface area contributed by atoms with E-state index >= 15 is 0 Å². The minimum absolute atomic E-state index is 0.0510. The number of hydrogen-bond donors (Lipinski definition) is 1. The van der Waals surface area contributed by atoms with Crippen molar-refractivity contribution in [3.8, 4) is 0 Å². The van der Waals surface area contributed by atoms with Crippen molar-refractivity contribution in [2.45, 2.75) is 31.7 Å². The van der Waals surface area contributed by atoms with Gasteiger partial charge < -0.3 is 9.80 Å². The van der Waals surface area contributed by atoms with Gasteiger partial charge in [-0.1, -0.05) is 13.8 Å². The van der Waals surface area contributed by atoms with Crippen molar-refractivity contribution < 1.29 is 18.0 Å². The van der Waals surface area contributed by atoms with E-state index in [-0.39, 0.29) is 16.7 Å². The van der Waals surface area contributed by atoms with Crippen molar-refractivity contribution in [1.29, 1.82) is 0 Å². The van der Waals surface area contributed by atoms with Crippen LogP contribution in [0.25, 0.3) is 0 Å². The van der Waals surface area contributed by atoms with Crippen LogP contribution in [0.2, 0.25) is 0 Å². The van der Waals surface area contributed by atoms with Gasteiger partial charge in [0.05, 0.1) is 4.90 Å². The third-order valence-corrected chi connectivity index (χ3v) is 4.95. The molecule has 8 heteroatoms. The first-order valence-corrected chi connectivity index (χ1v) is 9.38. The maximum Gasteiger partial charge on any atom is 0.254 e. The van der Waals surface area contributed by atoms with E-state index in [9.17, 15) is 18.0 Å². The third-order valence-electron chi connectivity index (χ3n) is 4.02. The van der Waals surface area contributed by atoms with Gasteiger partial charge in [0.15, 0.2) is 0 Å². The topological polar surface area (TPSA) is 101 Å². The molecule has 0 radical (unpaired) electrons. The second kappa shape index (κ2) is 6.90. The molecule has 2 N–H and O–H groups in total. The van der Waals surface area contributed by atoms with Crippen molar-refractivity contribution in [2.24, 2.45) is 11.1 Å². The summed E-state index contributed by atoms with van der Waals surface area (Å²) in [6.45, 7) is 7.43. The number of carbonyl (C=O) groups is 2.